The van der Waals surface area contributed by atoms with Crippen LogP contribution < -0.4 is 11.5 Å². The van der Waals surface area contributed by atoms with Crippen LogP contribution >= 0.6 is 34.8 Å². The van der Waals surface area contributed by atoms with Gasteiger partial charge in [-0.15, -0.1) is 0 Å². The number of carboxylic acids is 2. The van der Waals surface area contributed by atoms with Gasteiger partial charge in [0.05, 0.1) is 15.8 Å². The molecule has 0 fully saturated rings. The number of nitro groups is 1. The molecule has 0 saturated heterocycles. The molecule has 6 aromatic rings. The molecule has 0 unspecified atom stereocenters. The Morgan fingerprint density at radius 3 is 1.98 bits per heavy atom. The third-order valence-electron chi connectivity index (χ3n) is 6.79. The molecule has 45 heavy (non-hydrogen) atoms. The molecule has 2 atom stereocenters. The van der Waals surface area contributed by atoms with Crippen molar-refractivity contribution < 1.29 is 24.7 Å². The van der Waals surface area contributed by atoms with E-state index in [0.29, 0.717) is 21.5 Å². The number of benzene rings is 3. The number of aliphatic carboxylic acids is 2. The number of rotatable bonds is 7. The molecule has 3 aromatic heterocycles. The fraction of sp³-hybridized carbons (Fsp3) is 0.133. The lowest BCUT2D eigenvalue weighted by atomic mass is 10.0. The molecule has 0 radical (unpaired) electrons. The molecular formula is C30H27Cl3N6O6. The summed E-state index contributed by atoms with van der Waals surface area (Å²) in [6, 6.07) is 14.2. The number of carboxylic acid groups (broad SMARTS) is 2. The van der Waals surface area contributed by atoms with Gasteiger partial charge in [0.15, 0.2) is 0 Å². The van der Waals surface area contributed by atoms with Crippen LogP contribution in [0, 0.1) is 10.1 Å². The molecule has 0 spiro atoms. The van der Waals surface area contributed by atoms with Crippen molar-refractivity contribution in [3.05, 3.63) is 109 Å². The first-order valence-electron chi connectivity index (χ1n) is 13.2. The number of carbonyl (C=O) groups is 2. The summed E-state index contributed by atoms with van der Waals surface area (Å²) in [6.45, 7) is 0. The van der Waals surface area contributed by atoms with Gasteiger partial charge in [0.1, 0.15) is 17.1 Å². The number of hydrogen-bond donors (Lipinski definition) is 7. The monoisotopic (exact) mass is 672 g/mol. The van der Waals surface area contributed by atoms with Gasteiger partial charge in [-0.1, -0.05) is 34.8 Å². The van der Waals surface area contributed by atoms with Crippen molar-refractivity contribution in [1.29, 1.82) is 0 Å². The van der Waals surface area contributed by atoms with Crippen LogP contribution in [-0.2, 0) is 22.4 Å². The van der Waals surface area contributed by atoms with Gasteiger partial charge in [0, 0.05) is 63.3 Å². The van der Waals surface area contributed by atoms with Crippen molar-refractivity contribution >= 4 is 85.1 Å². The molecular weight excluding hydrogens is 647 g/mol. The van der Waals surface area contributed by atoms with E-state index in [2.05, 4.69) is 15.0 Å². The molecule has 15 heteroatoms. The number of nitrogens with two attached hydrogens (primary N) is 2. The summed E-state index contributed by atoms with van der Waals surface area (Å²) in [4.78, 5) is 40.9. The zero-order valence-corrected chi connectivity index (χ0v) is 25.5. The van der Waals surface area contributed by atoms with E-state index in [1.54, 1.807) is 24.4 Å². The third kappa shape index (κ3) is 8.12. The van der Waals surface area contributed by atoms with Crippen molar-refractivity contribution in [2.75, 3.05) is 0 Å². The molecule has 3 aromatic carbocycles. The van der Waals surface area contributed by atoms with Gasteiger partial charge >= 0.3 is 11.9 Å². The predicted molar refractivity (Wildman–Crippen MR) is 175 cm³/mol. The van der Waals surface area contributed by atoms with E-state index in [1.807, 2.05) is 36.5 Å². The first-order valence-corrected chi connectivity index (χ1v) is 14.4. The molecule has 234 valence electrons. The van der Waals surface area contributed by atoms with Gasteiger partial charge in [-0.25, -0.2) is 0 Å². The van der Waals surface area contributed by atoms with E-state index in [-0.39, 0.29) is 23.6 Å². The van der Waals surface area contributed by atoms with Crippen molar-refractivity contribution in [3.63, 3.8) is 0 Å². The Balaban J connectivity index is 0.000000160. The molecule has 6 rings (SSSR count). The average molecular weight is 674 g/mol. The Bertz CT molecular complexity index is 2000. The fourth-order valence-electron chi connectivity index (χ4n) is 4.58. The van der Waals surface area contributed by atoms with Crippen LogP contribution in [0.25, 0.3) is 32.7 Å². The maximum atomic E-state index is 11.1. The van der Waals surface area contributed by atoms with Crippen LogP contribution in [0.5, 0.6) is 0 Å². The van der Waals surface area contributed by atoms with Crippen LogP contribution in [0.4, 0.5) is 5.69 Å². The van der Waals surface area contributed by atoms with Gasteiger partial charge in [-0.2, -0.15) is 0 Å². The van der Waals surface area contributed by atoms with Gasteiger partial charge < -0.3 is 36.6 Å². The summed E-state index contributed by atoms with van der Waals surface area (Å²) in [5, 5.41) is 32.4. The average Bonchev–Trinajstić information content (AvgIpc) is 3.72. The summed E-state index contributed by atoms with van der Waals surface area (Å²) >= 11 is 17.5. The summed E-state index contributed by atoms with van der Waals surface area (Å²) in [5.74, 6) is -2.17. The first-order chi connectivity index (χ1) is 21.3. The van der Waals surface area contributed by atoms with Crippen molar-refractivity contribution in [2.24, 2.45) is 11.5 Å². The Kier molecular flexibility index (Phi) is 10.7. The van der Waals surface area contributed by atoms with E-state index in [9.17, 15) is 19.7 Å². The van der Waals surface area contributed by atoms with Crippen LogP contribution in [-0.4, -0.2) is 54.1 Å². The number of nitrogens with zero attached hydrogens (tertiary/aromatic N) is 1. The molecule has 0 aliphatic rings. The number of nitro benzene ring substituents is 1. The Labute approximate surface area is 270 Å². The minimum absolute atomic E-state index is 0.00208. The lowest BCUT2D eigenvalue weighted by Gasteiger charge is -2.05. The van der Waals surface area contributed by atoms with Crippen LogP contribution in [0.3, 0.4) is 0 Å². The summed E-state index contributed by atoms with van der Waals surface area (Å²) < 4.78 is 0. The second-order valence-electron chi connectivity index (χ2n) is 9.90. The number of nitrogens with one attached hydrogen (secondary N) is 3. The van der Waals surface area contributed by atoms with E-state index >= 15 is 0 Å². The van der Waals surface area contributed by atoms with Gasteiger partial charge in [0.25, 0.3) is 5.69 Å². The predicted octanol–water partition coefficient (Wildman–Crippen LogP) is 6.28. The second kappa shape index (κ2) is 14.5. The normalized spacial score (nSPS) is 12.2. The highest BCUT2D eigenvalue weighted by Crippen LogP contribution is 2.35. The minimum Gasteiger partial charge on any atom is -0.480 e. The van der Waals surface area contributed by atoms with Gasteiger partial charge in [-0.05, 0) is 65.7 Å². The minimum atomic E-state index is -1.17. The Morgan fingerprint density at radius 1 is 0.778 bits per heavy atom. The number of halogens is 3. The molecule has 9 N–H and O–H groups in total. The van der Waals surface area contributed by atoms with E-state index in [4.69, 9.17) is 56.5 Å². The van der Waals surface area contributed by atoms with Crippen LogP contribution in [0.1, 0.15) is 11.1 Å². The van der Waals surface area contributed by atoms with Gasteiger partial charge in [0.2, 0.25) is 0 Å². The van der Waals surface area contributed by atoms with Crippen LogP contribution in [0.2, 0.25) is 15.1 Å². The number of aromatic amines is 3. The second-order valence-corrected chi connectivity index (χ2v) is 11.2. The topological polar surface area (TPSA) is 217 Å². The molecule has 0 bridgehead atoms. The lowest BCUT2D eigenvalue weighted by Crippen LogP contribution is -2.32. The van der Waals surface area contributed by atoms with Crippen molar-refractivity contribution in [3.8, 4) is 0 Å². The van der Waals surface area contributed by atoms with Crippen molar-refractivity contribution in [1.82, 2.24) is 15.0 Å². The van der Waals surface area contributed by atoms with Crippen molar-refractivity contribution in [2.45, 2.75) is 24.9 Å². The van der Waals surface area contributed by atoms with E-state index < -0.39 is 28.9 Å². The highest BCUT2D eigenvalue weighted by molar-refractivity contribution is 6.34. The lowest BCUT2D eigenvalue weighted by molar-refractivity contribution is -0.382. The number of hydrogen-bond acceptors (Lipinski definition) is 6. The highest BCUT2D eigenvalue weighted by Gasteiger charge is 2.23. The largest absolute Gasteiger partial charge is 0.480 e. The Morgan fingerprint density at radius 2 is 1.33 bits per heavy atom. The fourth-order valence-corrected chi connectivity index (χ4v) is 5.16. The summed E-state index contributed by atoms with van der Waals surface area (Å²) in [7, 11) is 0. The van der Waals surface area contributed by atoms with E-state index in [1.165, 1.54) is 12.3 Å². The van der Waals surface area contributed by atoms with Gasteiger partial charge in [-0.3, -0.25) is 19.7 Å². The summed E-state index contributed by atoms with van der Waals surface area (Å²) in [6.07, 6.45) is 5.45. The smallest absolute Gasteiger partial charge is 0.320 e. The number of fused-ring (bicyclic) bond motifs is 3. The summed E-state index contributed by atoms with van der Waals surface area (Å²) in [5.41, 5.74) is 14.6. The SMILES string of the molecule is Clc1ccc2[nH]ccc2c1.N[C@@H](Cc1c[nH]c2ccc(Cl)c([N+](=O)[O-])c12)C(=O)O.N[C@@H](Cc1c[nH]c2ccc(Cl)cc12)C(=O)O. The molecule has 0 saturated carbocycles. The zero-order chi connectivity index (χ0) is 32.8. The van der Waals surface area contributed by atoms with E-state index in [0.717, 1.165) is 32.4 Å². The maximum absolute atomic E-state index is 11.1. The van der Waals surface area contributed by atoms with Crippen LogP contribution in [0.15, 0.2) is 73.2 Å². The highest BCUT2D eigenvalue weighted by atomic mass is 35.5. The molecule has 0 aliphatic heterocycles. The molecule has 12 nitrogen and oxygen atoms in total. The number of H-pyrrole nitrogens is 3. The molecule has 3 heterocycles. The third-order valence-corrected chi connectivity index (χ3v) is 7.57. The molecule has 0 amide bonds. The maximum Gasteiger partial charge on any atom is 0.320 e. The number of aromatic nitrogens is 3. The quantitative estimate of drug-likeness (QED) is 0.0753. The molecule has 0 aliphatic carbocycles. The standard InChI is InChI=1S/C11H10ClN3O4.C11H11ClN2O2.C8H6ClN/c12-6-1-2-8-9(10(6)15(18)19)5(4-14-8)3-7(13)11(16)17;12-7-1-2-10-8(4-7)6(5-14-10)3-9(13)11(15)16;9-7-1-2-8-6(5-7)3-4-10-8/h1-2,4,7,14H,3,13H2,(H,16,17);1-2,4-5,9,14H,3,13H2,(H,15,16);1-5,10H/t7-;9-;/m00./s1. The zero-order valence-electron chi connectivity index (χ0n) is 23.3. The Hall–Kier alpha value is -4.59. The first kappa shape index (κ1) is 33.3.